The van der Waals surface area contributed by atoms with Crippen LogP contribution >= 0.6 is 0 Å². The number of hydrogen-bond donors (Lipinski definition) is 2. The van der Waals surface area contributed by atoms with Crippen LogP contribution in [0, 0.1) is 5.41 Å². The molecule has 1 fully saturated rings. The van der Waals surface area contributed by atoms with Crippen molar-refractivity contribution in [3.8, 4) is 0 Å². The number of rotatable bonds is 5. The van der Waals surface area contributed by atoms with E-state index in [4.69, 9.17) is 5.73 Å². The molecule has 2 rings (SSSR count). The first-order chi connectivity index (χ1) is 9.60. The van der Waals surface area contributed by atoms with Gasteiger partial charge in [-0.05, 0) is 31.2 Å². The van der Waals surface area contributed by atoms with Crippen molar-refractivity contribution in [3.63, 3.8) is 0 Å². The van der Waals surface area contributed by atoms with E-state index in [2.05, 4.69) is 10.4 Å². The molecule has 1 aromatic rings. The Morgan fingerprint density at radius 3 is 2.75 bits per heavy atom. The SMILES string of the molecule is CCc1nn(C)cc1C(=O)NCC1(CN)CCCCC1. The minimum absolute atomic E-state index is 0.0200. The summed E-state index contributed by atoms with van der Waals surface area (Å²) in [5, 5.41) is 7.39. The Hall–Kier alpha value is -1.36. The third-order valence-corrected chi connectivity index (χ3v) is 4.46. The summed E-state index contributed by atoms with van der Waals surface area (Å²) in [6.07, 6.45) is 8.54. The van der Waals surface area contributed by atoms with Gasteiger partial charge in [-0.15, -0.1) is 0 Å². The van der Waals surface area contributed by atoms with Crippen LogP contribution < -0.4 is 11.1 Å². The van der Waals surface area contributed by atoms with Gasteiger partial charge >= 0.3 is 0 Å². The minimum Gasteiger partial charge on any atom is -0.351 e. The lowest BCUT2D eigenvalue weighted by Gasteiger charge is -2.36. The zero-order chi connectivity index (χ0) is 14.6. The Balaban J connectivity index is 2.00. The van der Waals surface area contributed by atoms with Gasteiger partial charge in [-0.2, -0.15) is 5.10 Å². The number of aromatic nitrogens is 2. The second-order valence-electron chi connectivity index (χ2n) is 5.96. The number of amides is 1. The highest BCUT2D eigenvalue weighted by Crippen LogP contribution is 2.34. The zero-order valence-electron chi connectivity index (χ0n) is 12.6. The summed E-state index contributed by atoms with van der Waals surface area (Å²) in [5.41, 5.74) is 7.60. The fourth-order valence-corrected chi connectivity index (χ4v) is 3.10. The normalized spacial score (nSPS) is 17.9. The highest BCUT2D eigenvalue weighted by atomic mass is 16.1. The molecule has 0 atom stereocenters. The average Bonchev–Trinajstić information content (AvgIpc) is 2.87. The number of hydrogen-bond acceptors (Lipinski definition) is 3. The van der Waals surface area contributed by atoms with Gasteiger partial charge < -0.3 is 11.1 Å². The van der Waals surface area contributed by atoms with Crippen LogP contribution in [-0.4, -0.2) is 28.8 Å². The molecule has 0 radical (unpaired) electrons. The molecule has 0 unspecified atom stereocenters. The van der Waals surface area contributed by atoms with Crippen molar-refractivity contribution < 1.29 is 4.79 Å². The predicted octanol–water partition coefficient (Wildman–Crippen LogP) is 1.62. The van der Waals surface area contributed by atoms with Gasteiger partial charge in [0, 0.05) is 19.8 Å². The van der Waals surface area contributed by atoms with Crippen LogP contribution in [0.2, 0.25) is 0 Å². The molecule has 20 heavy (non-hydrogen) atoms. The summed E-state index contributed by atoms with van der Waals surface area (Å²) in [7, 11) is 1.85. The van der Waals surface area contributed by atoms with Crippen molar-refractivity contribution in [1.82, 2.24) is 15.1 Å². The number of nitrogens with zero attached hydrogens (tertiary/aromatic N) is 2. The van der Waals surface area contributed by atoms with Gasteiger partial charge in [-0.1, -0.05) is 26.2 Å². The highest BCUT2D eigenvalue weighted by Gasteiger charge is 2.31. The lowest BCUT2D eigenvalue weighted by molar-refractivity contribution is 0.0913. The Morgan fingerprint density at radius 2 is 2.15 bits per heavy atom. The zero-order valence-corrected chi connectivity index (χ0v) is 12.6. The lowest BCUT2D eigenvalue weighted by atomic mass is 9.74. The fourth-order valence-electron chi connectivity index (χ4n) is 3.10. The Labute approximate surface area is 120 Å². The van der Waals surface area contributed by atoms with Crippen LogP contribution in [0.1, 0.15) is 55.1 Å². The number of aryl methyl sites for hydroxylation is 2. The molecule has 1 amide bonds. The summed E-state index contributed by atoms with van der Waals surface area (Å²) in [6, 6.07) is 0. The van der Waals surface area contributed by atoms with E-state index in [-0.39, 0.29) is 11.3 Å². The number of carbonyl (C=O) groups is 1. The highest BCUT2D eigenvalue weighted by molar-refractivity contribution is 5.95. The van der Waals surface area contributed by atoms with E-state index in [9.17, 15) is 4.79 Å². The van der Waals surface area contributed by atoms with E-state index >= 15 is 0 Å². The largest absolute Gasteiger partial charge is 0.351 e. The maximum Gasteiger partial charge on any atom is 0.254 e. The fraction of sp³-hybridized carbons (Fsp3) is 0.733. The Bertz CT molecular complexity index is 460. The van der Waals surface area contributed by atoms with Crippen molar-refractivity contribution in [3.05, 3.63) is 17.5 Å². The number of carbonyl (C=O) groups excluding carboxylic acids is 1. The first-order valence-corrected chi connectivity index (χ1v) is 7.61. The first kappa shape index (κ1) is 15.0. The van der Waals surface area contributed by atoms with Crippen molar-refractivity contribution in [2.24, 2.45) is 18.2 Å². The van der Waals surface area contributed by atoms with E-state index in [1.165, 1.54) is 19.3 Å². The quantitative estimate of drug-likeness (QED) is 0.859. The van der Waals surface area contributed by atoms with E-state index in [0.29, 0.717) is 18.7 Å². The van der Waals surface area contributed by atoms with Gasteiger partial charge in [0.15, 0.2) is 0 Å². The van der Waals surface area contributed by atoms with Gasteiger partial charge in [-0.3, -0.25) is 9.48 Å². The summed E-state index contributed by atoms with van der Waals surface area (Å²) in [5.74, 6) is -0.0200. The van der Waals surface area contributed by atoms with Crippen molar-refractivity contribution in [2.75, 3.05) is 13.1 Å². The van der Waals surface area contributed by atoms with E-state index in [0.717, 1.165) is 25.0 Å². The molecule has 1 heterocycles. The summed E-state index contributed by atoms with van der Waals surface area (Å²) in [4.78, 5) is 12.3. The van der Waals surface area contributed by atoms with E-state index in [1.54, 1.807) is 10.9 Å². The molecule has 112 valence electrons. The maximum atomic E-state index is 12.3. The van der Waals surface area contributed by atoms with Crippen molar-refractivity contribution in [2.45, 2.75) is 45.4 Å². The molecule has 1 aliphatic rings. The molecule has 0 saturated heterocycles. The average molecular weight is 278 g/mol. The van der Waals surface area contributed by atoms with Gasteiger partial charge in [0.25, 0.3) is 5.91 Å². The van der Waals surface area contributed by atoms with Crippen LogP contribution in [0.5, 0.6) is 0 Å². The Morgan fingerprint density at radius 1 is 1.45 bits per heavy atom. The summed E-state index contributed by atoms with van der Waals surface area (Å²) in [6.45, 7) is 3.35. The molecule has 5 nitrogen and oxygen atoms in total. The summed E-state index contributed by atoms with van der Waals surface area (Å²) >= 11 is 0. The molecule has 1 aliphatic carbocycles. The van der Waals surface area contributed by atoms with Crippen molar-refractivity contribution in [1.29, 1.82) is 0 Å². The predicted molar refractivity (Wildman–Crippen MR) is 79.5 cm³/mol. The van der Waals surface area contributed by atoms with Crippen molar-refractivity contribution >= 4 is 5.91 Å². The lowest BCUT2D eigenvalue weighted by Crippen LogP contribution is -2.43. The van der Waals surface area contributed by atoms with Crippen LogP contribution in [0.15, 0.2) is 6.20 Å². The first-order valence-electron chi connectivity index (χ1n) is 7.61. The molecule has 0 aliphatic heterocycles. The molecular formula is C15H26N4O. The molecule has 1 saturated carbocycles. The smallest absolute Gasteiger partial charge is 0.254 e. The molecule has 5 heteroatoms. The molecular weight excluding hydrogens is 252 g/mol. The minimum atomic E-state index is -0.0200. The van der Waals surface area contributed by atoms with Gasteiger partial charge in [0.1, 0.15) is 0 Å². The number of nitrogens with one attached hydrogen (secondary N) is 1. The van der Waals surface area contributed by atoms with Gasteiger partial charge in [-0.25, -0.2) is 0 Å². The number of nitrogens with two attached hydrogens (primary N) is 1. The van der Waals surface area contributed by atoms with E-state index in [1.807, 2.05) is 14.0 Å². The molecule has 0 aromatic carbocycles. The van der Waals surface area contributed by atoms with Gasteiger partial charge in [0.2, 0.25) is 0 Å². The third kappa shape index (κ3) is 3.20. The van der Waals surface area contributed by atoms with Crippen LogP contribution in [0.3, 0.4) is 0 Å². The second kappa shape index (κ2) is 6.39. The summed E-state index contributed by atoms with van der Waals surface area (Å²) < 4.78 is 1.70. The molecule has 1 aromatic heterocycles. The van der Waals surface area contributed by atoms with E-state index < -0.39 is 0 Å². The maximum absolute atomic E-state index is 12.3. The Kier molecular flexibility index (Phi) is 4.81. The van der Waals surface area contributed by atoms with Gasteiger partial charge in [0.05, 0.1) is 11.3 Å². The third-order valence-electron chi connectivity index (χ3n) is 4.46. The molecule has 0 bridgehead atoms. The topological polar surface area (TPSA) is 72.9 Å². The monoisotopic (exact) mass is 278 g/mol. The standard InChI is InChI=1S/C15H26N4O/c1-3-13-12(9-19(2)18-13)14(20)17-11-15(10-16)7-5-4-6-8-15/h9H,3-8,10-11,16H2,1-2H3,(H,17,20). The van der Waals surface area contributed by atoms with Crippen LogP contribution in [-0.2, 0) is 13.5 Å². The second-order valence-corrected chi connectivity index (χ2v) is 5.96. The van der Waals surface area contributed by atoms with Crippen LogP contribution in [0.4, 0.5) is 0 Å². The van der Waals surface area contributed by atoms with Crippen LogP contribution in [0.25, 0.3) is 0 Å². The molecule has 3 N–H and O–H groups in total. The molecule has 0 spiro atoms.